The van der Waals surface area contributed by atoms with Gasteiger partial charge in [-0.25, -0.2) is 9.97 Å². The molecule has 0 fully saturated rings. The molecule has 142 valence electrons. The van der Waals surface area contributed by atoms with E-state index in [1.165, 1.54) is 11.8 Å². The van der Waals surface area contributed by atoms with Crippen molar-refractivity contribution < 1.29 is 5.11 Å². The molecule has 0 aliphatic rings. The molecule has 1 atom stereocenters. The van der Waals surface area contributed by atoms with Gasteiger partial charge in [-0.3, -0.25) is 9.50 Å². The van der Waals surface area contributed by atoms with Gasteiger partial charge in [-0.05, 0) is 26.2 Å². The highest BCUT2D eigenvalue weighted by atomic mass is 32.2. The number of fused-ring (bicyclic) bond motifs is 1. The van der Waals surface area contributed by atoms with E-state index in [1.54, 1.807) is 31.1 Å². The smallest absolute Gasteiger partial charge is 0.181 e. The first-order valence-corrected chi connectivity index (χ1v) is 10.5. The average Bonchev–Trinajstić information content (AvgIpc) is 3.28. The van der Waals surface area contributed by atoms with E-state index >= 15 is 0 Å². The molecule has 0 saturated carbocycles. The van der Waals surface area contributed by atoms with Crippen molar-refractivity contribution in [2.45, 2.75) is 25.0 Å². The van der Waals surface area contributed by atoms with Gasteiger partial charge in [0.15, 0.2) is 11.5 Å². The number of aliphatic hydroxyl groups is 1. The third kappa shape index (κ3) is 4.74. The summed E-state index contributed by atoms with van der Waals surface area (Å²) >= 11 is 3.08. The quantitative estimate of drug-likeness (QED) is 0.390. The maximum Gasteiger partial charge on any atom is 0.181 e. The number of aliphatic hydroxyl groups excluding tert-OH is 1. The lowest BCUT2D eigenvalue weighted by Crippen LogP contribution is -2.06. The number of nitrogens with zero attached hydrogens (tertiary/aromatic N) is 4. The summed E-state index contributed by atoms with van der Waals surface area (Å²) in [4.78, 5) is 9.27. The van der Waals surface area contributed by atoms with Crippen LogP contribution in [-0.2, 0) is 0 Å². The van der Waals surface area contributed by atoms with E-state index in [-0.39, 0.29) is 0 Å². The van der Waals surface area contributed by atoms with Gasteiger partial charge in [0, 0.05) is 23.7 Å². The number of hydrogen-bond acceptors (Lipinski definition) is 7. The lowest BCUT2D eigenvalue weighted by molar-refractivity contribution is 0.220. The molecule has 3 rings (SSSR count). The van der Waals surface area contributed by atoms with Gasteiger partial charge in [-0.15, -0.1) is 23.5 Å². The van der Waals surface area contributed by atoms with Gasteiger partial charge in [0.25, 0.3) is 0 Å². The molecule has 0 spiro atoms. The van der Waals surface area contributed by atoms with Crippen molar-refractivity contribution in [3.05, 3.63) is 48.0 Å². The Morgan fingerprint density at radius 3 is 2.93 bits per heavy atom. The summed E-state index contributed by atoms with van der Waals surface area (Å²) in [6, 6.07) is 0. The van der Waals surface area contributed by atoms with E-state index < -0.39 is 6.10 Å². The minimum Gasteiger partial charge on any atom is -0.393 e. The van der Waals surface area contributed by atoms with Crippen LogP contribution in [0.15, 0.2) is 53.1 Å². The van der Waals surface area contributed by atoms with Crippen LogP contribution in [0.1, 0.15) is 13.8 Å². The average molecular weight is 403 g/mol. The van der Waals surface area contributed by atoms with Crippen molar-refractivity contribution in [2.75, 3.05) is 17.3 Å². The highest BCUT2D eigenvalue weighted by molar-refractivity contribution is 8.02. The Kier molecular flexibility index (Phi) is 6.25. The molecular formula is C18H22N6OS2. The molecule has 9 heteroatoms. The summed E-state index contributed by atoms with van der Waals surface area (Å²) in [5.74, 6) is 1.21. The molecule has 3 heterocycles. The van der Waals surface area contributed by atoms with E-state index in [2.05, 4.69) is 27.1 Å². The lowest BCUT2D eigenvalue weighted by atomic mass is 10.3. The van der Waals surface area contributed by atoms with Gasteiger partial charge in [-0.1, -0.05) is 12.2 Å². The van der Waals surface area contributed by atoms with Crippen molar-refractivity contribution in [2.24, 2.45) is 0 Å². The summed E-state index contributed by atoms with van der Waals surface area (Å²) < 4.78 is 1.99. The van der Waals surface area contributed by atoms with E-state index in [0.29, 0.717) is 17.2 Å². The largest absolute Gasteiger partial charge is 0.393 e. The Morgan fingerprint density at radius 1 is 1.48 bits per heavy atom. The van der Waals surface area contributed by atoms with Crippen LogP contribution in [0.25, 0.3) is 16.9 Å². The second kappa shape index (κ2) is 8.64. The molecule has 27 heavy (non-hydrogen) atoms. The van der Waals surface area contributed by atoms with Crippen LogP contribution in [0.2, 0.25) is 0 Å². The maximum absolute atomic E-state index is 9.63. The zero-order chi connectivity index (χ0) is 19.4. The van der Waals surface area contributed by atoms with E-state index in [1.807, 2.05) is 36.0 Å². The Hall–Kier alpha value is -2.23. The first kappa shape index (κ1) is 19.5. The van der Waals surface area contributed by atoms with Crippen LogP contribution >= 0.6 is 23.5 Å². The van der Waals surface area contributed by atoms with E-state index in [9.17, 15) is 5.11 Å². The number of aromatic amines is 1. The maximum atomic E-state index is 9.63. The molecule has 0 aliphatic heterocycles. The van der Waals surface area contributed by atoms with Gasteiger partial charge >= 0.3 is 0 Å². The molecule has 0 saturated heterocycles. The monoisotopic (exact) mass is 402 g/mol. The second-order valence-corrected chi connectivity index (χ2v) is 7.98. The molecule has 3 N–H and O–H groups in total. The standard InChI is InChI=1S/C18H22N6OS2/c1-11(2)5-15(26-4)22-17-18-19-8-14(13-6-20-21-7-13)24(18)9-16(23-17)27-10-12(3)25/h5-9,12,25H,1,10H2,2-4H3,(H,20,21)(H,22,23)/b15-5-. The first-order chi connectivity index (χ1) is 13.0. The van der Waals surface area contributed by atoms with Crippen LogP contribution in [0.5, 0.6) is 0 Å². The topological polar surface area (TPSA) is 91.1 Å². The van der Waals surface area contributed by atoms with Crippen LogP contribution in [0, 0.1) is 0 Å². The summed E-state index contributed by atoms with van der Waals surface area (Å²) in [5.41, 5.74) is 3.52. The lowest BCUT2D eigenvalue weighted by Gasteiger charge is -2.12. The molecule has 0 aliphatic carbocycles. The van der Waals surface area contributed by atoms with Crippen molar-refractivity contribution in [3.8, 4) is 11.3 Å². The summed E-state index contributed by atoms with van der Waals surface area (Å²) in [6.07, 6.45) is 10.9. The number of rotatable bonds is 8. The highest BCUT2D eigenvalue weighted by Gasteiger charge is 2.15. The third-order valence-electron chi connectivity index (χ3n) is 3.58. The number of aromatic nitrogens is 5. The minimum atomic E-state index is -0.412. The first-order valence-electron chi connectivity index (χ1n) is 8.34. The van der Waals surface area contributed by atoms with Gasteiger partial charge in [0.1, 0.15) is 5.03 Å². The predicted octanol–water partition coefficient (Wildman–Crippen LogP) is 3.78. The number of anilines is 1. The summed E-state index contributed by atoms with van der Waals surface area (Å²) in [6.45, 7) is 7.65. The van der Waals surface area contributed by atoms with Crippen LogP contribution in [-0.4, -0.2) is 47.8 Å². The van der Waals surface area contributed by atoms with Crippen molar-refractivity contribution in [1.82, 2.24) is 24.6 Å². The van der Waals surface area contributed by atoms with Crippen molar-refractivity contribution in [1.29, 1.82) is 0 Å². The van der Waals surface area contributed by atoms with Crippen LogP contribution < -0.4 is 5.32 Å². The molecule has 0 bridgehead atoms. The molecular weight excluding hydrogens is 380 g/mol. The van der Waals surface area contributed by atoms with E-state index in [4.69, 9.17) is 4.98 Å². The Labute approximate surface area is 166 Å². The Bertz CT molecular complexity index is 962. The van der Waals surface area contributed by atoms with Crippen LogP contribution in [0.3, 0.4) is 0 Å². The van der Waals surface area contributed by atoms with Crippen LogP contribution in [0.4, 0.5) is 5.82 Å². The molecule has 1 unspecified atom stereocenters. The molecule has 0 radical (unpaired) electrons. The zero-order valence-electron chi connectivity index (χ0n) is 15.4. The number of nitrogens with one attached hydrogen (secondary N) is 2. The SMILES string of the molecule is C=C(C)/C=C(/Nc1nc(SCC(C)O)cn2c(-c3cn[nH]c3)cnc12)SC. The fraction of sp³-hybridized carbons (Fsp3) is 0.278. The van der Waals surface area contributed by atoms with E-state index in [0.717, 1.165) is 26.9 Å². The van der Waals surface area contributed by atoms with Gasteiger partial charge in [0.2, 0.25) is 0 Å². The number of H-pyrrole nitrogens is 1. The summed E-state index contributed by atoms with van der Waals surface area (Å²) in [7, 11) is 0. The van der Waals surface area contributed by atoms with Gasteiger partial charge in [0.05, 0.1) is 29.2 Å². The summed E-state index contributed by atoms with van der Waals surface area (Å²) in [5, 5.41) is 21.6. The number of allylic oxidation sites excluding steroid dienone is 2. The minimum absolute atomic E-state index is 0.412. The van der Waals surface area contributed by atoms with Gasteiger partial charge in [-0.2, -0.15) is 5.10 Å². The third-order valence-corrected chi connectivity index (χ3v) is 5.38. The van der Waals surface area contributed by atoms with Gasteiger partial charge < -0.3 is 10.4 Å². The normalized spacial score (nSPS) is 13.1. The zero-order valence-corrected chi connectivity index (χ0v) is 17.1. The molecule has 0 aromatic carbocycles. The Morgan fingerprint density at radius 2 is 2.30 bits per heavy atom. The highest BCUT2D eigenvalue weighted by Crippen LogP contribution is 2.29. The molecule has 0 amide bonds. The molecule has 3 aromatic rings. The number of imidazole rings is 1. The van der Waals surface area contributed by atoms with Crippen molar-refractivity contribution >= 4 is 35.0 Å². The van der Waals surface area contributed by atoms with Crippen molar-refractivity contribution in [3.63, 3.8) is 0 Å². The fourth-order valence-corrected chi connectivity index (χ4v) is 3.68. The molecule has 3 aromatic heterocycles. The fourth-order valence-electron chi connectivity index (χ4n) is 2.42. The number of hydrogen-bond donors (Lipinski definition) is 3. The molecule has 7 nitrogen and oxygen atoms in total. The Balaban J connectivity index is 2.08. The second-order valence-electron chi connectivity index (χ2n) is 6.10. The predicted molar refractivity (Wildman–Crippen MR) is 113 cm³/mol. The number of thioether (sulfide) groups is 2.